The summed E-state index contributed by atoms with van der Waals surface area (Å²) in [6.07, 6.45) is 10.9. The van der Waals surface area contributed by atoms with Crippen LogP contribution in [0.4, 0.5) is 0 Å². The molecule has 2 N–H and O–H groups in total. The third kappa shape index (κ3) is 4.50. The minimum Gasteiger partial charge on any atom is -0.506 e. The molecule has 0 atom stereocenters. The predicted molar refractivity (Wildman–Crippen MR) is 87.3 cm³/mol. The summed E-state index contributed by atoms with van der Waals surface area (Å²) in [5, 5.41) is 20.1. The van der Waals surface area contributed by atoms with E-state index in [1.54, 1.807) is 13.0 Å². The number of unbranched alkanes of at least 4 members (excludes halogenated alkanes) is 5. The lowest BCUT2D eigenvalue weighted by atomic mass is 10.0. The van der Waals surface area contributed by atoms with Crippen LogP contribution in [0.3, 0.4) is 0 Å². The fourth-order valence-electron chi connectivity index (χ4n) is 2.22. The number of allylic oxidation sites excluding steroid dienone is 1. The van der Waals surface area contributed by atoms with Gasteiger partial charge in [0.25, 0.3) is 0 Å². The minimum absolute atomic E-state index is 0.109. The van der Waals surface area contributed by atoms with Gasteiger partial charge in [-0.15, -0.1) is 0 Å². The van der Waals surface area contributed by atoms with Crippen molar-refractivity contribution in [1.29, 1.82) is 0 Å². The standard InChI is InChI=1S/C17H23ClO3/c1-3-4-5-6-7-8-9-10-13-16(20)14(11-19)12(2)15(18)17(13)21/h9-11,20-21H,3-8H2,1-2H3/b10-9+. The van der Waals surface area contributed by atoms with Gasteiger partial charge in [-0.05, 0) is 25.3 Å². The van der Waals surface area contributed by atoms with Gasteiger partial charge in [0.1, 0.15) is 11.5 Å². The van der Waals surface area contributed by atoms with Gasteiger partial charge in [0, 0.05) is 0 Å². The first kappa shape index (κ1) is 17.6. The van der Waals surface area contributed by atoms with Crippen molar-refractivity contribution in [2.75, 3.05) is 0 Å². The molecular weight excluding hydrogens is 288 g/mol. The third-order valence-electron chi connectivity index (χ3n) is 3.58. The van der Waals surface area contributed by atoms with Gasteiger partial charge in [0.15, 0.2) is 6.29 Å². The van der Waals surface area contributed by atoms with E-state index in [0.29, 0.717) is 11.8 Å². The predicted octanol–water partition coefficient (Wildman–Crippen LogP) is 5.25. The molecule has 1 aromatic rings. The van der Waals surface area contributed by atoms with Crippen molar-refractivity contribution in [3.63, 3.8) is 0 Å². The molecule has 0 bridgehead atoms. The van der Waals surface area contributed by atoms with Crippen molar-refractivity contribution in [1.82, 2.24) is 0 Å². The highest BCUT2D eigenvalue weighted by atomic mass is 35.5. The number of benzene rings is 1. The summed E-state index contributed by atoms with van der Waals surface area (Å²) < 4.78 is 0. The molecule has 21 heavy (non-hydrogen) atoms. The number of phenols is 2. The zero-order valence-electron chi connectivity index (χ0n) is 12.7. The van der Waals surface area contributed by atoms with E-state index in [0.717, 1.165) is 12.8 Å². The van der Waals surface area contributed by atoms with Gasteiger partial charge in [-0.1, -0.05) is 56.4 Å². The Morgan fingerprint density at radius 1 is 1.05 bits per heavy atom. The van der Waals surface area contributed by atoms with Crippen LogP contribution in [0.5, 0.6) is 11.5 Å². The Hall–Kier alpha value is -1.48. The number of halogens is 1. The second-order valence-electron chi connectivity index (χ2n) is 5.19. The molecule has 0 spiro atoms. The van der Waals surface area contributed by atoms with Crippen molar-refractivity contribution >= 4 is 24.0 Å². The Morgan fingerprint density at radius 2 is 1.71 bits per heavy atom. The summed E-state index contributed by atoms with van der Waals surface area (Å²) >= 11 is 5.98. The van der Waals surface area contributed by atoms with Crippen LogP contribution < -0.4 is 0 Å². The number of hydrogen-bond donors (Lipinski definition) is 2. The molecule has 116 valence electrons. The van der Waals surface area contributed by atoms with Crippen LogP contribution in [0, 0.1) is 6.92 Å². The number of carbonyl (C=O) groups is 1. The summed E-state index contributed by atoms with van der Waals surface area (Å²) in [4.78, 5) is 11.0. The van der Waals surface area contributed by atoms with Crippen LogP contribution in [0.2, 0.25) is 5.02 Å². The second-order valence-corrected chi connectivity index (χ2v) is 5.56. The topological polar surface area (TPSA) is 57.5 Å². The molecule has 4 heteroatoms. The minimum atomic E-state index is -0.216. The smallest absolute Gasteiger partial charge is 0.154 e. The van der Waals surface area contributed by atoms with Crippen molar-refractivity contribution in [3.8, 4) is 11.5 Å². The van der Waals surface area contributed by atoms with Crippen LogP contribution in [-0.4, -0.2) is 16.5 Å². The number of phenolic OH excluding ortho intramolecular Hbond substituents is 2. The maximum atomic E-state index is 11.0. The molecule has 0 saturated carbocycles. The van der Waals surface area contributed by atoms with E-state index in [9.17, 15) is 15.0 Å². The highest BCUT2D eigenvalue weighted by Gasteiger charge is 2.18. The van der Waals surface area contributed by atoms with Gasteiger partial charge in [0.2, 0.25) is 0 Å². The number of hydrogen-bond acceptors (Lipinski definition) is 3. The molecule has 0 aliphatic rings. The molecule has 0 aliphatic carbocycles. The van der Waals surface area contributed by atoms with Crippen LogP contribution in [-0.2, 0) is 0 Å². The number of aldehydes is 1. The number of rotatable bonds is 8. The highest BCUT2D eigenvalue weighted by Crippen LogP contribution is 2.40. The second kappa shape index (κ2) is 8.73. The lowest BCUT2D eigenvalue weighted by Crippen LogP contribution is -1.93. The highest BCUT2D eigenvalue weighted by molar-refractivity contribution is 6.33. The van der Waals surface area contributed by atoms with E-state index in [4.69, 9.17) is 11.6 Å². The monoisotopic (exact) mass is 310 g/mol. The average molecular weight is 311 g/mol. The lowest BCUT2D eigenvalue weighted by molar-refractivity contribution is 0.112. The van der Waals surface area contributed by atoms with Crippen LogP contribution >= 0.6 is 11.6 Å². The molecule has 0 unspecified atom stereocenters. The molecule has 0 aliphatic heterocycles. The van der Waals surface area contributed by atoms with E-state index in [1.165, 1.54) is 25.7 Å². The van der Waals surface area contributed by atoms with Crippen LogP contribution in [0.15, 0.2) is 6.08 Å². The Morgan fingerprint density at radius 3 is 2.33 bits per heavy atom. The van der Waals surface area contributed by atoms with E-state index < -0.39 is 0 Å². The van der Waals surface area contributed by atoms with E-state index in [-0.39, 0.29) is 27.6 Å². The molecule has 0 aromatic heterocycles. The Bertz CT molecular complexity index is 522. The summed E-state index contributed by atoms with van der Waals surface area (Å²) in [6, 6.07) is 0. The first-order chi connectivity index (χ1) is 10.0. The summed E-state index contributed by atoms with van der Waals surface area (Å²) in [6.45, 7) is 3.77. The first-order valence-corrected chi connectivity index (χ1v) is 7.78. The molecule has 0 fully saturated rings. The molecule has 1 aromatic carbocycles. The van der Waals surface area contributed by atoms with Crippen LogP contribution in [0.1, 0.15) is 66.9 Å². The van der Waals surface area contributed by atoms with Crippen molar-refractivity contribution in [2.45, 2.75) is 52.4 Å². The van der Waals surface area contributed by atoms with Gasteiger partial charge >= 0.3 is 0 Å². The normalized spacial score (nSPS) is 11.2. The first-order valence-electron chi connectivity index (χ1n) is 7.40. The molecule has 0 saturated heterocycles. The quantitative estimate of drug-likeness (QED) is 0.509. The molecule has 1 rings (SSSR count). The zero-order chi connectivity index (χ0) is 15.8. The SMILES string of the molecule is CCCCCCC/C=C/c1c(O)c(Cl)c(C)c(C=O)c1O. The fraction of sp³-hybridized carbons (Fsp3) is 0.471. The van der Waals surface area contributed by atoms with Gasteiger partial charge < -0.3 is 10.2 Å². The third-order valence-corrected chi connectivity index (χ3v) is 4.05. The van der Waals surface area contributed by atoms with E-state index >= 15 is 0 Å². The van der Waals surface area contributed by atoms with Gasteiger partial charge in [-0.2, -0.15) is 0 Å². The van der Waals surface area contributed by atoms with E-state index in [1.807, 2.05) is 6.08 Å². The summed E-state index contributed by atoms with van der Waals surface area (Å²) in [5.41, 5.74) is 0.722. The van der Waals surface area contributed by atoms with E-state index in [2.05, 4.69) is 6.92 Å². The Kier molecular flexibility index (Phi) is 7.30. The van der Waals surface area contributed by atoms with Crippen molar-refractivity contribution < 1.29 is 15.0 Å². The summed E-state index contributed by atoms with van der Waals surface area (Å²) in [5.74, 6) is -0.397. The maximum Gasteiger partial charge on any atom is 0.154 e. The molecule has 0 amide bonds. The van der Waals surface area contributed by atoms with Gasteiger partial charge in [0.05, 0.1) is 16.1 Å². The zero-order valence-corrected chi connectivity index (χ0v) is 13.4. The van der Waals surface area contributed by atoms with Gasteiger partial charge in [-0.25, -0.2) is 0 Å². The maximum absolute atomic E-state index is 11.0. The Labute approximate surface area is 131 Å². The van der Waals surface area contributed by atoms with Gasteiger partial charge in [-0.3, -0.25) is 4.79 Å². The molecule has 0 heterocycles. The average Bonchev–Trinajstić information content (AvgIpc) is 2.48. The number of aromatic hydroxyl groups is 2. The molecule has 0 radical (unpaired) electrons. The Balaban J connectivity index is 2.79. The largest absolute Gasteiger partial charge is 0.506 e. The molecule has 3 nitrogen and oxygen atoms in total. The molecular formula is C17H23ClO3. The van der Waals surface area contributed by atoms with Crippen molar-refractivity contribution in [2.24, 2.45) is 0 Å². The lowest BCUT2D eigenvalue weighted by Gasteiger charge is -2.11. The van der Waals surface area contributed by atoms with Crippen LogP contribution in [0.25, 0.3) is 6.08 Å². The van der Waals surface area contributed by atoms with Crippen molar-refractivity contribution in [3.05, 3.63) is 27.8 Å². The number of carbonyl (C=O) groups excluding carboxylic acids is 1. The fourth-order valence-corrected chi connectivity index (χ4v) is 2.42. The summed E-state index contributed by atoms with van der Waals surface area (Å²) in [7, 11) is 0.